The third kappa shape index (κ3) is 4.18. The molecule has 21 heavy (non-hydrogen) atoms. The minimum absolute atomic E-state index is 0.153. The van der Waals surface area contributed by atoms with E-state index in [-0.39, 0.29) is 18.6 Å². The summed E-state index contributed by atoms with van der Waals surface area (Å²) in [5.74, 6) is -0.153. The monoisotopic (exact) mass is 287 g/mol. The number of cyclic esters (lactones) is 1. The van der Waals surface area contributed by atoms with Crippen molar-refractivity contribution in [2.45, 2.75) is 38.6 Å². The van der Waals surface area contributed by atoms with E-state index in [0.29, 0.717) is 12.8 Å². The number of carbonyl (C=O) groups excluding carboxylic acids is 2. The maximum Gasteiger partial charge on any atom is 0.416 e. The lowest BCUT2D eigenvalue weighted by atomic mass is 10.1. The molecule has 1 aromatic carbocycles. The highest BCUT2D eigenvalue weighted by Gasteiger charge is 2.37. The maximum absolute atomic E-state index is 12.2. The van der Waals surface area contributed by atoms with Gasteiger partial charge in [0.25, 0.3) is 0 Å². The highest BCUT2D eigenvalue weighted by atomic mass is 16.6. The second kappa shape index (κ2) is 7.07. The van der Waals surface area contributed by atoms with E-state index in [1.54, 1.807) is 0 Å². The Hall–Kier alpha value is -2.10. The molecule has 4 heteroatoms. The Morgan fingerprint density at radius 1 is 1.33 bits per heavy atom. The lowest BCUT2D eigenvalue weighted by Gasteiger charge is -2.19. The fraction of sp³-hybridized carbons (Fsp3) is 0.412. The van der Waals surface area contributed by atoms with Crippen molar-refractivity contribution in [3.63, 3.8) is 0 Å². The summed E-state index contributed by atoms with van der Waals surface area (Å²) in [6.45, 7) is 6.03. The van der Waals surface area contributed by atoms with Gasteiger partial charge in [0, 0.05) is 6.42 Å². The van der Waals surface area contributed by atoms with Crippen molar-refractivity contribution in [2.24, 2.45) is 0 Å². The van der Waals surface area contributed by atoms with Crippen LogP contribution >= 0.6 is 0 Å². The molecule has 0 unspecified atom stereocenters. The van der Waals surface area contributed by atoms with Gasteiger partial charge in [0.2, 0.25) is 5.91 Å². The van der Waals surface area contributed by atoms with Crippen molar-refractivity contribution in [1.82, 2.24) is 4.90 Å². The van der Waals surface area contributed by atoms with E-state index in [1.807, 2.05) is 37.3 Å². The molecule has 112 valence electrons. The van der Waals surface area contributed by atoms with Gasteiger partial charge < -0.3 is 4.74 Å². The van der Waals surface area contributed by atoms with E-state index >= 15 is 0 Å². The number of amides is 2. The van der Waals surface area contributed by atoms with E-state index in [1.165, 1.54) is 4.90 Å². The average molecular weight is 287 g/mol. The fourth-order valence-corrected chi connectivity index (χ4v) is 2.46. The number of ether oxygens (including phenoxy) is 1. The molecule has 0 aliphatic carbocycles. The lowest BCUT2D eigenvalue weighted by Crippen LogP contribution is -2.40. The molecule has 0 saturated carbocycles. The van der Waals surface area contributed by atoms with Crippen LogP contribution in [0, 0.1) is 0 Å². The van der Waals surface area contributed by atoms with Crippen molar-refractivity contribution >= 4 is 12.0 Å². The molecule has 1 aliphatic rings. The van der Waals surface area contributed by atoms with E-state index < -0.39 is 6.09 Å². The van der Waals surface area contributed by atoms with Crippen molar-refractivity contribution < 1.29 is 14.3 Å². The summed E-state index contributed by atoms with van der Waals surface area (Å²) in [4.78, 5) is 25.3. The molecule has 1 aliphatic heterocycles. The zero-order valence-corrected chi connectivity index (χ0v) is 12.4. The molecule has 2 rings (SSSR count). The second-order valence-electron chi connectivity index (χ2n) is 5.49. The molecular formula is C17H21NO3. The number of nitrogens with zero attached hydrogens (tertiary/aromatic N) is 1. The standard InChI is InChI=1S/C17H21NO3/c1-13(2)7-6-10-16(19)18-15(12-21-17(18)20)11-14-8-4-3-5-9-14/h3-5,8-9,15H,1,6-7,10-12H2,2H3/t15-/m1/s1. The predicted molar refractivity (Wildman–Crippen MR) is 80.8 cm³/mol. The highest BCUT2D eigenvalue weighted by molar-refractivity contribution is 5.93. The quantitative estimate of drug-likeness (QED) is 0.754. The molecule has 0 spiro atoms. The molecular weight excluding hydrogens is 266 g/mol. The van der Waals surface area contributed by atoms with Crippen molar-refractivity contribution in [1.29, 1.82) is 0 Å². The minimum Gasteiger partial charge on any atom is -0.447 e. The number of hydrogen-bond acceptors (Lipinski definition) is 3. The van der Waals surface area contributed by atoms with Gasteiger partial charge in [-0.05, 0) is 31.7 Å². The van der Waals surface area contributed by atoms with Gasteiger partial charge in [0.1, 0.15) is 6.61 Å². The first-order valence-electron chi connectivity index (χ1n) is 7.25. The van der Waals surface area contributed by atoms with E-state index in [2.05, 4.69) is 6.58 Å². The van der Waals surface area contributed by atoms with Gasteiger partial charge in [-0.2, -0.15) is 0 Å². The summed E-state index contributed by atoms with van der Waals surface area (Å²) in [6.07, 6.45) is 2.00. The first-order valence-corrected chi connectivity index (χ1v) is 7.25. The summed E-state index contributed by atoms with van der Waals surface area (Å²) < 4.78 is 5.05. The largest absolute Gasteiger partial charge is 0.447 e. The predicted octanol–water partition coefficient (Wildman–Crippen LogP) is 3.32. The molecule has 1 fully saturated rings. The van der Waals surface area contributed by atoms with Crippen LogP contribution in [0.3, 0.4) is 0 Å². The molecule has 2 amide bonds. The van der Waals surface area contributed by atoms with Crippen LogP contribution in [0.25, 0.3) is 0 Å². The molecule has 0 radical (unpaired) electrons. The van der Waals surface area contributed by atoms with Gasteiger partial charge >= 0.3 is 6.09 Å². The van der Waals surface area contributed by atoms with Gasteiger partial charge in [0.15, 0.2) is 0 Å². The van der Waals surface area contributed by atoms with Gasteiger partial charge in [-0.3, -0.25) is 4.79 Å². The van der Waals surface area contributed by atoms with Crippen LogP contribution in [0.5, 0.6) is 0 Å². The van der Waals surface area contributed by atoms with Gasteiger partial charge in [-0.1, -0.05) is 35.9 Å². The maximum atomic E-state index is 12.2. The fourth-order valence-electron chi connectivity index (χ4n) is 2.46. The summed E-state index contributed by atoms with van der Waals surface area (Å²) in [5, 5.41) is 0. The Labute approximate surface area is 125 Å². The summed E-state index contributed by atoms with van der Waals surface area (Å²) in [7, 11) is 0. The molecule has 1 saturated heterocycles. The number of benzene rings is 1. The van der Waals surface area contributed by atoms with Crippen LogP contribution in [-0.4, -0.2) is 29.5 Å². The van der Waals surface area contributed by atoms with E-state index in [9.17, 15) is 9.59 Å². The van der Waals surface area contributed by atoms with Crippen LogP contribution in [0.2, 0.25) is 0 Å². The molecule has 0 aromatic heterocycles. The molecule has 1 atom stereocenters. The summed E-state index contributed by atoms with van der Waals surface area (Å²) in [5.41, 5.74) is 2.15. The number of carbonyl (C=O) groups is 2. The van der Waals surface area contributed by atoms with Crippen molar-refractivity contribution in [3.8, 4) is 0 Å². The zero-order chi connectivity index (χ0) is 15.2. The van der Waals surface area contributed by atoms with E-state index in [4.69, 9.17) is 4.74 Å². The third-order valence-electron chi connectivity index (χ3n) is 3.54. The SMILES string of the molecule is C=C(C)CCCC(=O)N1C(=O)OC[C@H]1Cc1ccccc1. The normalized spacial score (nSPS) is 17.7. The Balaban J connectivity index is 1.96. The molecule has 1 heterocycles. The summed E-state index contributed by atoms with van der Waals surface area (Å²) in [6, 6.07) is 9.63. The molecule has 4 nitrogen and oxygen atoms in total. The molecule has 0 N–H and O–H groups in total. The van der Waals surface area contributed by atoms with Crippen LogP contribution in [0.1, 0.15) is 31.7 Å². The Morgan fingerprint density at radius 2 is 2.05 bits per heavy atom. The number of hydrogen-bond donors (Lipinski definition) is 0. The van der Waals surface area contributed by atoms with Crippen LogP contribution in [-0.2, 0) is 16.0 Å². The van der Waals surface area contributed by atoms with Crippen molar-refractivity contribution in [2.75, 3.05) is 6.61 Å². The average Bonchev–Trinajstić information content (AvgIpc) is 2.80. The second-order valence-corrected chi connectivity index (χ2v) is 5.49. The first kappa shape index (κ1) is 15.3. The smallest absolute Gasteiger partial charge is 0.416 e. The van der Waals surface area contributed by atoms with Crippen LogP contribution in [0.4, 0.5) is 4.79 Å². The first-order chi connectivity index (χ1) is 10.1. The van der Waals surface area contributed by atoms with Crippen LogP contribution < -0.4 is 0 Å². The third-order valence-corrected chi connectivity index (χ3v) is 3.54. The van der Waals surface area contributed by atoms with Crippen molar-refractivity contribution in [3.05, 3.63) is 48.0 Å². The topological polar surface area (TPSA) is 46.6 Å². The highest BCUT2D eigenvalue weighted by Crippen LogP contribution is 2.19. The molecule has 0 bridgehead atoms. The van der Waals surface area contributed by atoms with E-state index in [0.717, 1.165) is 24.0 Å². The Kier molecular flexibility index (Phi) is 5.14. The lowest BCUT2D eigenvalue weighted by molar-refractivity contribution is -0.129. The van der Waals surface area contributed by atoms with Crippen LogP contribution in [0.15, 0.2) is 42.5 Å². The number of allylic oxidation sites excluding steroid dienone is 1. The Bertz CT molecular complexity index is 524. The minimum atomic E-state index is -0.517. The van der Waals surface area contributed by atoms with Gasteiger partial charge in [-0.15, -0.1) is 6.58 Å². The Morgan fingerprint density at radius 3 is 2.71 bits per heavy atom. The number of imide groups is 1. The molecule has 1 aromatic rings. The van der Waals surface area contributed by atoms with Gasteiger partial charge in [0.05, 0.1) is 6.04 Å². The van der Waals surface area contributed by atoms with Gasteiger partial charge in [-0.25, -0.2) is 9.69 Å². The summed E-state index contributed by atoms with van der Waals surface area (Å²) >= 11 is 0. The zero-order valence-electron chi connectivity index (χ0n) is 12.4. The number of rotatable bonds is 6.